The second-order valence-corrected chi connectivity index (χ2v) is 5.91. The van der Waals surface area contributed by atoms with Gasteiger partial charge in [0, 0.05) is 18.8 Å². The molecule has 2 aromatic rings. The Morgan fingerprint density at radius 2 is 1.64 bits per heavy atom. The molecular formula is C19H24N2O. The molecule has 0 aliphatic rings. The van der Waals surface area contributed by atoms with Gasteiger partial charge in [-0.1, -0.05) is 56.3 Å². The quantitative estimate of drug-likeness (QED) is 0.819. The zero-order valence-corrected chi connectivity index (χ0v) is 13.3. The van der Waals surface area contributed by atoms with Gasteiger partial charge in [-0.15, -0.1) is 0 Å². The minimum absolute atomic E-state index is 0.0821. The van der Waals surface area contributed by atoms with Crippen LogP contribution < -0.4 is 10.6 Å². The highest BCUT2D eigenvalue weighted by molar-refractivity contribution is 5.78. The molecule has 2 aromatic carbocycles. The van der Waals surface area contributed by atoms with Crippen molar-refractivity contribution < 1.29 is 4.79 Å². The third-order valence-corrected chi connectivity index (χ3v) is 3.37. The summed E-state index contributed by atoms with van der Waals surface area (Å²) >= 11 is 0. The fourth-order valence-corrected chi connectivity index (χ4v) is 2.11. The van der Waals surface area contributed by atoms with E-state index in [0.717, 1.165) is 24.3 Å². The van der Waals surface area contributed by atoms with Crippen LogP contribution >= 0.6 is 0 Å². The van der Waals surface area contributed by atoms with Gasteiger partial charge < -0.3 is 10.6 Å². The number of carbonyl (C=O) groups excluding carboxylic acids is 1. The Labute approximate surface area is 132 Å². The number of hydrogen-bond acceptors (Lipinski definition) is 2. The molecule has 0 bridgehead atoms. The normalized spacial score (nSPS) is 10.5. The molecule has 0 aliphatic heterocycles. The van der Waals surface area contributed by atoms with Crippen molar-refractivity contribution in [1.29, 1.82) is 0 Å². The molecule has 0 atom stereocenters. The van der Waals surface area contributed by atoms with E-state index < -0.39 is 0 Å². The smallest absolute Gasteiger partial charge is 0.224 e. The predicted molar refractivity (Wildman–Crippen MR) is 91.8 cm³/mol. The molecule has 2 N–H and O–H groups in total. The standard InChI is InChI=1S/C19H24N2O/c1-15(2)13-21-19(22)12-16-8-10-18(11-9-16)20-14-17-6-4-3-5-7-17/h3-11,15,20H,12-14H2,1-2H3,(H,21,22). The van der Waals surface area contributed by atoms with Gasteiger partial charge in [0.25, 0.3) is 0 Å². The van der Waals surface area contributed by atoms with Gasteiger partial charge >= 0.3 is 0 Å². The highest BCUT2D eigenvalue weighted by Gasteiger charge is 2.04. The summed E-state index contributed by atoms with van der Waals surface area (Å²) in [7, 11) is 0. The molecule has 0 radical (unpaired) electrons. The Morgan fingerprint density at radius 1 is 0.955 bits per heavy atom. The summed E-state index contributed by atoms with van der Waals surface area (Å²) in [4.78, 5) is 11.8. The van der Waals surface area contributed by atoms with Gasteiger partial charge in [-0.2, -0.15) is 0 Å². The van der Waals surface area contributed by atoms with Gasteiger partial charge in [0.05, 0.1) is 6.42 Å². The van der Waals surface area contributed by atoms with Crippen molar-refractivity contribution in [2.75, 3.05) is 11.9 Å². The van der Waals surface area contributed by atoms with Gasteiger partial charge in [0.1, 0.15) is 0 Å². The van der Waals surface area contributed by atoms with Crippen LogP contribution in [0.1, 0.15) is 25.0 Å². The van der Waals surface area contributed by atoms with Crippen LogP contribution in [0.4, 0.5) is 5.69 Å². The summed E-state index contributed by atoms with van der Waals surface area (Å²) in [6.45, 7) is 5.71. The fourth-order valence-electron chi connectivity index (χ4n) is 2.11. The van der Waals surface area contributed by atoms with Crippen LogP contribution in [-0.4, -0.2) is 12.5 Å². The van der Waals surface area contributed by atoms with Crippen molar-refractivity contribution in [2.45, 2.75) is 26.8 Å². The maximum atomic E-state index is 11.8. The number of hydrogen-bond donors (Lipinski definition) is 2. The van der Waals surface area contributed by atoms with Crippen molar-refractivity contribution in [3.63, 3.8) is 0 Å². The monoisotopic (exact) mass is 296 g/mol. The molecular weight excluding hydrogens is 272 g/mol. The molecule has 0 saturated heterocycles. The summed E-state index contributed by atoms with van der Waals surface area (Å²) < 4.78 is 0. The molecule has 0 heterocycles. The molecule has 3 heteroatoms. The first-order chi connectivity index (χ1) is 10.6. The third-order valence-electron chi connectivity index (χ3n) is 3.37. The predicted octanol–water partition coefficient (Wildman–Crippen LogP) is 3.61. The lowest BCUT2D eigenvalue weighted by atomic mass is 10.1. The molecule has 0 spiro atoms. The average molecular weight is 296 g/mol. The highest BCUT2D eigenvalue weighted by Crippen LogP contribution is 2.12. The van der Waals surface area contributed by atoms with Crippen LogP contribution in [0.5, 0.6) is 0 Å². The summed E-state index contributed by atoms with van der Waals surface area (Å²) in [5.74, 6) is 0.562. The van der Waals surface area contributed by atoms with Crippen LogP contribution in [-0.2, 0) is 17.8 Å². The van der Waals surface area contributed by atoms with E-state index in [0.29, 0.717) is 12.3 Å². The van der Waals surface area contributed by atoms with E-state index in [9.17, 15) is 4.79 Å². The lowest BCUT2D eigenvalue weighted by Gasteiger charge is -2.09. The van der Waals surface area contributed by atoms with E-state index in [1.807, 2.05) is 42.5 Å². The lowest BCUT2D eigenvalue weighted by Crippen LogP contribution is -2.28. The summed E-state index contributed by atoms with van der Waals surface area (Å²) in [6.07, 6.45) is 0.436. The Morgan fingerprint density at radius 3 is 2.27 bits per heavy atom. The second-order valence-electron chi connectivity index (χ2n) is 5.91. The maximum absolute atomic E-state index is 11.8. The molecule has 116 valence electrons. The van der Waals surface area contributed by atoms with E-state index in [-0.39, 0.29) is 5.91 Å². The van der Waals surface area contributed by atoms with Gasteiger partial charge in [0.15, 0.2) is 0 Å². The van der Waals surface area contributed by atoms with E-state index in [4.69, 9.17) is 0 Å². The van der Waals surface area contributed by atoms with Crippen molar-refractivity contribution in [1.82, 2.24) is 5.32 Å². The van der Waals surface area contributed by atoms with Gasteiger partial charge in [-0.25, -0.2) is 0 Å². The van der Waals surface area contributed by atoms with Crippen LogP contribution in [0.3, 0.4) is 0 Å². The summed E-state index contributed by atoms with van der Waals surface area (Å²) in [5, 5.41) is 6.32. The molecule has 0 aromatic heterocycles. The van der Waals surface area contributed by atoms with E-state index >= 15 is 0 Å². The van der Waals surface area contributed by atoms with Crippen LogP contribution in [0.25, 0.3) is 0 Å². The Bertz CT molecular complexity index is 576. The average Bonchev–Trinajstić information content (AvgIpc) is 2.53. The first kappa shape index (κ1) is 16.1. The third kappa shape index (κ3) is 5.60. The number of benzene rings is 2. The van der Waals surface area contributed by atoms with E-state index in [2.05, 4.69) is 36.6 Å². The minimum atomic E-state index is 0.0821. The number of nitrogens with one attached hydrogen (secondary N) is 2. The Kier molecular flexibility index (Phi) is 6.01. The molecule has 3 nitrogen and oxygen atoms in total. The number of carbonyl (C=O) groups is 1. The number of amides is 1. The summed E-state index contributed by atoms with van der Waals surface area (Å²) in [5.41, 5.74) is 3.35. The molecule has 2 rings (SSSR count). The first-order valence-corrected chi connectivity index (χ1v) is 7.77. The van der Waals surface area contributed by atoms with E-state index in [1.165, 1.54) is 5.56 Å². The molecule has 1 amide bonds. The van der Waals surface area contributed by atoms with Crippen molar-refractivity contribution in [3.05, 3.63) is 65.7 Å². The van der Waals surface area contributed by atoms with Gasteiger partial charge in [-0.3, -0.25) is 4.79 Å². The topological polar surface area (TPSA) is 41.1 Å². The zero-order chi connectivity index (χ0) is 15.8. The molecule has 0 unspecified atom stereocenters. The Balaban J connectivity index is 1.81. The minimum Gasteiger partial charge on any atom is -0.381 e. The second kappa shape index (κ2) is 8.23. The highest BCUT2D eigenvalue weighted by atomic mass is 16.1. The molecule has 0 aliphatic carbocycles. The van der Waals surface area contributed by atoms with E-state index in [1.54, 1.807) is 0 Å². The van der Waals surface area contributed by atoms with Crippen molar-refractivity contribution in [3.8, 4) is 0 Å². The number of anilines is 1. The first-order valence-electron chi connectivity index (χ1n) is 7.77. The largest absolute Gasteiger partial charge is 0.381 e. The van der Waals surface area contributed by atoms with Gasteiger partial charge in [-0.05, 0) is 29.2 Å². The SMILES string of the molecule is CC(C)CNC(=O)Cc1ccc(NCc2ccccc2)cc1. The zero-order valence-electron chi connectivity index (χ0n) is 13.3. The molecule has 22 heavy (non-hydrogen) atoms. The summed E-state index contributed by atoms with van der Waals surface area (Å²) in [6, 6.07) is 18.3. The van der Waals surface area contributed by atoms with Crippen LogP contribution in [0, 0.1) is 5.92 Å². The van der Waals surface area contributed by atoms with Crippen molar-refractivity contribution >= 4 is 11.6 Å². The molecule has 0 fully saturated rings. The Hall–Kier alpha value is -2.29. The number of rotatable bonds is 7. The maximum Gasteiger partial charge on any atom is 0.224 e. The van der Waals surface area contributed by atoms with Crippen molar-refractivity contribution in [2.24, 2.45) is 5.92 Å². The fraction of sp³-hybridized carbons (Fsp3) is 0.316. The van der Waals surface area contributed by atoms with Crippen LogP contribution in [0.15, 0.2) is 54.6 Å². The van der Waals surface area contributed by atoms with Crippen LogP contribution in [0.2, 0.25) is 0 Å². The lowest BCUT2D eigenvalue weighted by molar-refractivity contribution is -0.120. The molecule has 0 saturated carbocycles. The van der Waals surface area contributed by atoms with Gasteiger partial charge in [0.2, 0.25) is 5.91 Å².